The molecule has 5 nitrogen and oxygen atoms in total. The van der Waals surface area contributed by atoms with Crippen molar-refractivity contribution in [2.24, 2.45) is 0 Å². The zero-order valence-electron chi connectivity index (χ0n) is 17.1. The lowest BCUT2D eigenvalue weighted by Crippen LogP contribution is -2.67. The third-order valence-electron chi connectivity index (χ3n) is 5.69. The number of rotatable bonds is 3. The summed E-state index contributed by atoms with van der Waals surface area (Å²) in [4.78, 5) is 28.7. The average molecular weight is 465 g/mol. The molecule has 0 unspecified atom stereocenters. The van der Waals surface area contributed by atoms with Crippen molar-refractivity contribution < 1.29 is 14.2 Å². The van der Waals surface area contributed by atoms with E-state index < -0.39 is 5.54 Å². The first-order valence-electron chi connectivity index (χ1n) is 9.77. The Morgan fingerprint density at radius 3 is 2.37 bits per heavy atom. The van der Waals surface area contributed by atoms with Crippen molar-refractivity contribution in [1.82, 2.24) is 0 Å². The van der Waals surface area contributed by atoms with E-state index in [-0.39, 0.29) is 18.4 Å². The first kappa shape index (κ1) is 20.3. The predicted octanol–water partition coefficient (Wildman–Crippen LogP) is 4.25. The van der Waals surface area contributed by atoms with Crippen molar-refractivity contribution in [1.29, 1.82) is 0 Å². The molecule has 0 radical (unpaired) electrons. The Kier molecular flexibility index (Phi) is 5.20. The molecule has 0 spiro atoms. The van der Waals surface area contributed by atoms with Gasteiger partial charge in [-0.15, -0.1) is 0 Å². The molecule has 4 rings (SSSR count). The molecule has 2 aromatic carbocycles. The van der Waals surface area contributed by atoms with Gasteiger partial charge in [0.15, 0.2) is 6.20 Å². The van der Waals surface area contributed by atoms with Gasteiger partial charge in [-0.1, -0.05) is 40.2 Å². The highest BCUT2D eigenvalue weighted by Gasteiger charge is 2.54. The molecule has 152 valence electrons. The Hall–Kier alpha value is -2.99. The van der Waals surface area contributed by atoms with Crippen LogP contribution in [0.1, 0.15) is 23.7 Å². The number of benzene rings is 2. The van der Waals surface area contributed by atoms with Crippen molar-refractivity contribution >= 4 is 39.1 Å². The summed E-state index contributed by atoms with van der Waals surface area (Å²) in [6, 6.07) is 19.0. The number of nitrogens with one attached hydrogen (secondary N) is 1. The quantitative estimate of drug-likeness (QED) is 0.588. The van der Waals surface area contributed by atoms with Crippen LogP contribution in [0.3, 0.4) is 0 Å². The monoisotopic (exact) mass is 464 g/mol. The highest BCUT2D eigenvalue weighted by atomic mass is 79.9. The van der Waals surface area contributed by atoms with Crippen LogP contribution >= 0.6 is 15.9 Å². The second kappa shape index (κ2) is 7.69. The van der Waals surface area contributed by atoms with Crippen molar-refractivity contribution in [3.63, 3.8) is 0 Å². The zero-order valence-corrected chi connectivity index (χ0v) is 18.7. The maximum atomic E-state index is 13.8. The molecule has 0 saturated heterocycles. The second-order valence-electron chi connectivity index (χ2n) is 7.71. The molecular weight excluding hydrogens is 442 g/mol. The van der Waals surface area contributed by atoms with Crippen LogP contribution in [-0.2, 0) is 21.7 Å². The second-order valence-corrected chi connectivity index (χ2v) is 8.63. The van der Waals surface area contributed by atoms with Crippen LogP contribution in [0.5, 0.6) is 0 Å². The number of halogens is 1. The number of hydrogen-bond acceptors (Lipinski definition) is 2. The molecule has 1 N–H and O–H groups in total. The lowest BCUT2D eigenvalue weighted by Gasteiger charge is -2.40. The van der Waals surface area contributed by atoms with Gasteiger partial charge in [-0.3, -0.25) is 14.5 Å². The largest absolute Gasteiger partial charge is 0.323 e. The molecule has 3 aromatic rings. The van der Waals surface area contributed by atoms with Gasteiger partial charge in [0.1, 0.15) is 0 Å². The van der Waals surface area contributed by atoms with E-state index >= 15 is 0 Å². The smallest absolute Gasteiger partial charge is 0.294 e. The van der Waals surface area contributed by atoms with Crippen LogP contribution in [0, 0.1) is 13.8 Å². The maximum Gasteiger partial charge on any atom is 0.294 e. The van der Waals surface area contributed by atoms with E-state index in [2.05, 4.69) is 21.2 Å². The van der Waals surface area contributed by atoms with Gasteiger partial charge >= 0.3 is 0 Å². The van der Waals surface area contributed by atoms with E-state index in [4.69, 9.17) is 0 Å². The molecule has 0 aliphatic carbocycles. The molecule has 0 fully saturated rings. The SMILES string of the molecule is Cc1cccc(C)c1NC(=O)[C@]1(C)c2cccc[n+]2CC(=O)N1c1ccc(Br)cc1. The average Bonchev–Trinajstić information content (AvgIpc) is 2.72. The fourth-order valence-electron chi connectivity index (χ4n) is 4.09. The summed E-state index contributed by atoms with van der Waals surface area (Å²) < 4.78 is 2.76. The van der Waals surface area contributed by atoms with Gasteiger partial charge in [0.2, 0.25) is 17.8 Å². The molecule has 0 saturated carbocycles. The van der Waals surface area contributed by atoms with Gasteiger partial charge in [0, 0.05) is 28.0 Å². The number of aryl methyl sites for hydroxylation is 2. The molecule has 1 aromatic heterocycles. The Morgan fingerprint density at radius 1 is 1.03 bits per heavy atom. The third-order valence-corrected chi connectivity index (χ3v) is 6.22. The summed E-state index contributed by atoms with van der Waals surface area (Å²) in [6.45, 7) is 5.91. The number of fused-ring (bicyclic) bond motifs is 1. The number of carbonyl (C=O) groups is 2. The van der Waals surface area contributed by atoms with Gasteiger partial charge < -0.3 is 5.32 Å². The lowest BCUT2D eigenvalue weighted by molar-refractivity contribution is -0.697. The molecule has 1 aliphatic heterocycles. The summed E-state index contributed by atoms with van der Waals surface area (Å²) in [5.74, 6) is -0.393. The van der Waals surface area contributed by atoms with Crippen molar-refractivity contribution in [3.05, 3.63) is 88.2 Å². The number of carbonyl (C=O) groups excluding carboxylic acids is 2. The summed E-state index contributed by atoms with van der Waals surface area (Å²) in [5, 5.41) is 3.11. The molecule has 0 bridgehead atoms. The van der Waals surface area contributed by atoms with Crippen LogP contribution in [-0.4, -0.2) is 11.8 Å². The molecule has 2 heterocycles. The molecule has 1 aliphatic rings. The predicted molar refractivity (Wildman–Crippen MR) is 120 cm³/mol. The summed E-state index contributed by atoms with van der Waals surface area (Å²) in [5.41, 5.74) is 2.95. The Bertz CT molecular complexity index is 1120. The third kappa shape index (κ3) is 3.31. The minimum absolute atomic E-state index is 0.139. The van der Waals surface area contributed by atoms with Crippen molar-refractivity contribution in [3.8, 4) is 0 Å². The van der Waals surface area contributed by atoms with Crippen LogP contribution in [0.4, 0.5) is 11.4 Å². The Morgan fingerprint density at radius 2 is 1.70 bits per heavy atom. The zero-order chi connectivity index (χ0) is 21.5. The number of pyridine rings is 1. The first-order chi connectivity index (χ1) is 14.3. The topological polar surface area (TPSA) is 53.3 Å². The number of hydrogen-bond donors (Lipinski definition) is 1. The van der Waals surface area contributed by atoms with Gasteiger partial charge in [-0.25, -0.2) is 0 Å². The van der Waals surface area contributed by atoms with Crippen LogP contribution < -0.4 is 14.8 Å². The molecular formula is C24H23BrN3O2+. The van der Waals surface area contributed by atoms with Crippen LogP contribution in [0.15, 0.2) is 71.3 Å². The van der Waals surface area contributed by atoms with E-state index in [1.165, 1.54) is 0 Å². The lowest BCUT2D eigenvalue weighted by atomic mass is 9.89. The minimum atomic E-state index is -1.22. The summed E-state index contributed by atoms with van der Waals surface area (Å²) >= 11 is 3.44. The van der Waals surface area contributed by atoms with Crippen LogP contribution in [0.25, 0.3) is 0 Å². The maximum absolute atomic E-state index is 13.8. The van der Waals surface area contributed by atoms with Crippen molar-refractivity contribution in [2.75, 3.05) is 10.2 Å². The highest BCUT2D eigenvalue weighted by molar-refractivity contribution is 9.10. The van der Waals surface area contributed by atoms with E-state index in [0.29, 0.717) is 5.69 Å². The summed E-state index contributed by atoms with van der Waals surface area (Å²) in [7, 11) is 0. The minimum Gasteiger partial charge on any atom is -0.323 e. The highest BCUT2D eigenvalue weighted by Crippen LogP contribution is 2.36. The van der Waals surface area contributed by atoms with Gasteiger partial charge in [-0.2, -0.15) is 4.57 Å². The van der Waals surface area contributed by atoms with E-state index in [1.807, 2.05) is 85.3 Å². The van der Waals surface area contributed by atoms with E-state index in [0.717, 1.165) is 27.0 Å². The van der Waals surface area contributed by atoms with Gasteiger partial charge in [0.05, 0.1) is 0 Å². The fourth-order valence-corrected chi connectivity index (χ4v) is 4.36. The molecule has 1 atom stereocenters. The van der Waals surface area contributed by atoms with E-state index in [9.17, 15) is 9.59 Å². The van der Waals surface area contributed by atoms with Gasteiger partial charge in [-0.05, 0) is 56.2 Å². The van der Waals surface area contributed by atoms with E-state index in [1.54, 1.807) is 11.8 Å². The number of para-hydroxylation sites is 1. The number of amides is 2. The number of anilines is 2. The van der Waals surface area contributed by atoms with Crippen molar-refractivity contribution in [2.45, 2.75) is 32.9 Å². The first-order valence-corrected chi connectivity index (χ1v) is 10.6. The standard InChI is InChI=1S/C24H22BrN3O2/c1-16-7-6-8-17(2)22(16)26-23(30)24(3)20-9-4-5-14-27(20)15-21(29)28(24)19-12-10-18(25)11-13-19/h4-14H,15H2,1-3H3/p+1/t24-/m0/s1. The Labute approximate surface area is 184 Å². The number of nitrogens with zero attached hydrogens (tertiary/aromatic N) is 2. The number of aromatic nitrogens is 1. The fraction of sp³-hybridized carbons (Fsp3) is 0.208. The molecule has 6 heteroatoms. The molecule has 2 amide bonds. The Balaban J connectivity index is 1.87. The molecule has 30 heavy (non-hydrogen) atoms. The van der Waals surface area contributed by atoms with Crippen LogP contribution in [0.2, 0.25) is 0 Å². The summed E-state index contributed by atoms with van der Waals surface area (Å²) in [6.07, 6.45) is 1.84. The van der Waals surface area contributed by atoms with Gasteiger partial charge in [0.25, 0.3) is 11.8 Å². The normalized spacial score (nSPS) is 18.1.